The highest BCUT2D eigenvalue weighted by Gasteiger charge is 2.09. The Bertz CT molecular complexity index is 548. The van der Waals surface area contributed by atoms with Crippen LogP contribution in [0.25, 0.3) is 0 Å². The number of thiazole rings is 1. The summed E-state index contributed by atoms with van der Waals surface area (Å²) in [6.07, 6.45) is 1.98. The van der Waals surface area contributed by atoms with Crippen LogP contribution in [0.5, 0.6) is 0 Å². The summed E-state index contributed by atoms with van der Waals surface area (Å²) in [5.41, 5.74) is 2.68. The topological polar surface area (TPSA) is 28.2 Å². The SMILES string of the molecule is Cc1ccccc1CN(C)c1ncc(CNC(C)C)s1. The number of nitrogens with one attached hydrogen (secondary N) is 1. The van der Waals surface area contributed by atoms with Crippen molar-refractivity contribution in [2.45, 2.75) is 39.9 Å². The third-order valence-electron chi connectivity index (χ3n) is 3.22. The molecule has 0 fully saturated rings. The lowest BCUT2D eigenvalue weighted by molar-refractivity contribution is 0.593. The van der Waals surface area contributed by atoms with Gasteiger partial charge in [0.25, 0.3) is 0 Å². The molecule has 0 radical (unpaired) electrons. The van der Waals surface area contributed by atoms with Crippen molar-refractivity contribution in [1.29, 1.82) is 0 Å². The summed E-state index contributed by atoms with van der Waals surface area (Å²) < 4.78 is 0. The second kappa shape index (κ2) is 6.86. The average molecular weight is 289 g/mol. The van der Waals surface area contributed by atoms with Gasteiger partial charge in [-0.05, 0) is 18.1 Å². The molecular weight excluding hydrogens is 266 g/mol. The summed E-state index contributed by atoms with van der Waals surface area (Å²) in [4.78, 5) is 8.02. The van der Waals surface area contributed by atoms with Crippen molar-refractivity contribution in [2.75, 3.05) is 11.9 Å². The second-order valence-electron chi connectivity index (χ2n) is 5.43. The molecule has 0 atom stereocenters. The fourth-order valence-corrected chi connectivity index (χ4v) is 2.79. The molecule has 2 rings (SSSR count). The number of hydrogen-bond acceptors (Lipinski definition) is 4. The van der Waals surface area contributed by atoms with Crippen molar-refractivity contribution in [2.24, 2.45) is 0 Å². The fourth-order valence-electron chi connectivity index (χ4n) is 1.97. The lowest BCUT2D eigenvalue weighted by Gasteiger charge is -2.17. The van der Waals surface area contributed by atoms with Gasteiger partial charge in [0.05, 0.1) is 0 Å². The van der Waals surface area contributed by atoms with Gasteiger partial charge in [0, 0.05) is 37.3 Å². The minimum atomic E-state index is 0.505. The van der Waals surface area contributed by atoms with Gasteiger partial charge in [0.15, 0.2) is 5.13 Å². The van der Waals surface area contributed by atoms with E-state index in [4.69, 9.17) is 0 Å². The summed E-state index contributed by atoms with van der Waals surface area (Å²) in [7, 11) is 2.10. The van der Waals surface area contributed by atoms with Crippen molar-refractivity contribution >= 4 is 16.5 Å². The molecule has 1 aromatic heterocycles. The van der Waals surface area contributed by atoms with E-state index in [2.05, 4.69) is 67.3 Å². The van der Waals surface area contributed by atoms with E-state index in [0.717, 1.165) is 18.2 Å². The molecule has 0 aliphatic carbocycles. The summed E-state index contributed by atoms with van der Waals surface area (Å²) in [6, 6.07) is 9.02. The third kappa shape index (κ3) is 4.05. The smallest absolute Gasteiger partial charge is 0.185 e. The highest BCUT2D eigenvalue weighted by molar-refractivity contribution is 7.15. The van der Waals surface area contributed by atoms with Crippen LogP contribution in [-0.4, -0.2) is 18.1 Å². The van der Waals surface area contributed by atoms with Crippen molar-refractivity contribution in [3.05, 3.63) is 46.5 Å². The molecule has 0 aliphatic heterocycles. The van der Waals surface area contributed by atoms with Crippen LogP contribution >= 0.6 is 11.3 Å². The van der Waals surface area contributed by atoms with Gasteiger partial charge in [-0.2, -0.15) is 0 Å². The molecule has 0 spiro atoms. The van der Waals surface area contributed by atoms with Crippen LogP contribution < -0.4 is 10.2 Å². The predicted octanol–water partition coefficient (Wildman–Crippen LogP) is 3.59. The van der Waals surface area contributed by atoms with Gasteiger partial charge in [-0.1, -0.05) is 38.1 Å². The Balaban J connectivity index is 1.99. The molecule has 1 aromatic carbocycles. The number of benzene rings is 1. The molecule has 0 amide bonds. The first-order valence-corrected chi connectivity index (χ1v) is 7.81. The maximum absolute atomic E-state index is 4.52. The first kappa shape index (κ1) is 15.0. The molecule has 0 saturated heterocycles. The lowest BCUT2D eigenvalue weighted by atomic mass is 10.1. The van der Waals surface area contributed by atoms with Crippen LogP contribution in [0.4, 0.5) is 5.13 Å². The van der Waals surface area contributed by atoms with Crippen LogP contribution in [0.3, 0.4) is 0 Å². The Hall–Kier alpha value is -1.39. The Morgan fingerprint density at radius 3 is 2.75 bits per heavy atom. The third-order valence-corrected chi connectivity index (χ3v) is 4.33. The highest BCUT2D eigenvalue weighted by atomic mass is 32.1. The van der Waals surface area contributed by atoms with Crippen LogP contribution in [-0.2, 0) is 13.1 Å². The average Bonchev–Trinajstić information content (AvgIpc) is 2.88. The molecule has 20 heavy (non-hydrogen) atoms. The van der Waals surface area contributed by atoms with Crippen LogP contribution in [0.1, 0.15) is 29.9 Å². The van der Waals surface area contributed by atoms with E-state index in [0.29, 0.717) is 6.04 Å². The monoisotopic (exact) mass is 289 g/mol. The van der Waals surface area contributed by atoms with Crippen molar-refractivity contribution in [1.82, 2.24) is 10.3 Å². The van der Waals surface area contributed by atoms with Crippen LogP contribution in [0.2, 0.25) is 0 Å². The van der Waals surface area contributed by atoms with Crippen molar-refractivity contribution in [3.8, 4) is 0 Å². The lowest BCUT2D eigenvalue weighted by Crippen LogP contribution is -2.21. The molecule has 4 heteroatoms. The Kier molecular flexibility index (Phi) is 5.15. The zero-order valence-electron chi connectivity index (χ0n) is 12.7. The predicted molar refractivity (Wildman–Crippen MR) is 87.4 cm³/mol. The summed E-state index contributed by atoms with van der Waals surface area (Å²) in [6.45, 7) is 8.27. The standard InChI is InChI=1S/C16H23N3S/c1-12(2)17-9-15-10-18-16(20-15)19(4)11-14-8-6-5-7-13(14)3/h5-8,10,12,17H,9,11H2,1-4H3. The van der Waals surface area contributed by atoms with Crippen LogP contribution in [0, 0.1) is 6.92 Å². The second-order valence-corrected chi connectivity index (χ2v) is 6.52. The molecule has 0 saturated carbocycles. The number of hydrogen-bond donors (Lipinski definition) is 1. The van der Waals surface area contributed by atoms with E-state index in [1.807, 2.05) is 6.20 Å². The highest BCUT2D eigenvalue weighted by Crippen LogP contribution is 2.23. The summed E-state index contributed by atoms with van der Waals surface area (Å²) in [5, 5.41) is 4.50. The van der Waals surface area contributed by atoms with Gasteiger partial charge in [-0.3, -0.25) is 0 Å². The van der Waals surface area contributed by atoms with Crippen molar-refractivity contribution < 1.29 is 0 Å². The first-order chi connectivity index (χ1) is 9.56. The molecule has 0 aliphatic rings. The van der Waals surface area contributed by atoms with E-state index >= 15 is 0 Å². The molecule has 1 N–H and O–H groups in total. The first-order valence-electron chi connectivity index (χ1n) is 7.00. The maximum atomic E-state index is 4.52. The molecule has 1 heterocycles. The van der Waals surface area contributed by atoms with E-state index in [-0.39, 0.29) is 0 Å². The molecule has 0 unspecified atom stereocenters. The fraction of sp³-hybridized carbons (Fsp3) is 0.438. The zero-order chi connectivity index (χ0) is 14.5. The van der Waals surface area contributed by atoms with E-state index in [9.17, 15) is 0 Å². The number of rotatable bonds is 6. The van der Waals surface area contributed by atoms with Crippen LogP contribution in [0.15, 0.2) is 30.5 Å². The van der Waals surface area contributed by atoms with E-state index < -0.39 is 0 Å². The summed E-state index contributed by atoms with van der Waals surface area (Å²) >= 11 is 1.76. The van der Waals surface area contributed by atoms with Gasteiger partial charge in [0.1, 0.15) is 0 Å². The van der Waals surface area contributed by atoms with Gasteiger partial charge in [-0.25, -0.2) is 4.98 Å². The molecule has 2 aromatic rings. The Morgan fingerprint density at radius 2 is 2.05 bits per heavy atom. The van der Waals surface area contributed by atoms with Gasteiger partial charge < -0.3 is 10.2 Å². The number of anilines is 1. The number of aryl methyl sites for hydroxylation is 1. The molecular formula is C16H23N3S. The summed E-state index contributed by atoms with van der Waals surface area (Å²) in [5.74, 6) is 0. The molecule has 0 bridgehead atoms. The van der Waals surface area contributed by atoms with Gasteiger partial charge >= 0.3 is 0 Å². The minimum absolute atomic E-state index is 0.505. The Labute approximate surface area is 125 Å². The van der Waals surface area contributed by atoms with E-state index in [1.165, 1.54) is 16.0 Å². The van der Waals surface area contributed by atoms with Gasteiger partial charge in [0.2, 0.25) is 0 Å². The van der Waals surface area contributed by atoms with Gasteiger partial charge in [-0.15, -0.1) is 11.3 Å². The molecule has 3 nitrogen and oxygen atoms in total. The largest absolute Gasteiger partial charge is 0.347 e. The molecule has 108 valence electrons. The number of nitrogens with zero attached hydrogens (tertiary/aromatic N) is 2. The van der Waals surface area contributed by atoms with Crippen molar-refractivity contribution in [3.63, 3.8) is 0 Å². The number of aromatic nitrogens is 1. The maximum Gasteiger partial charge on any atom is 0.185 e. The zero-order valence-corrected chi connectivity index (χ0v) is 13.5. The minimum Gasteiger partial charge on any atom is -0.347 e. The quantitative estimate of drug-likeness (QED) is 0.881. The normalized spacial score (nSPS) is 11.1. The Morgan fingerprint density at radius 1 is 1.30 bits per heavy atom. The van der Waals surface area contributed by atoms with E-state index in [1.54, 1.807) is 11.3 Å².